The van der Waals surface area contributed by atoms with Crippen LogP contribution in [0.15, 0.2) is 44.4 Å². The van der Waals surface area contributed by atoms with Gasteiger partial charge in [0.25, 0.3) is 0 Å². The Bertz CT molecular complexity index is 1070. The van der Waals surface area contributed by atoms with Gasteiger partial charge in [-0.25, -0.2) is 17.9 Å². The van der Waals surface area contributed by atoms with Gasteiger partial charge in [-0.05, 0) is 19.1 Å². The molecular weight excluding hydrogens is 455 g/mol. The summed E-state index contributed by atoms with van der Waals surface area (Å²) in [6, 6.07) is 7.26. The molecule has 1 aromatic heterocycles. The highest BCUT2D eigenvalue weighted by Crippen LogP contribution is 2.28. The number of carbonyl (C=O) groups excluding carboxylic acids is 1. The number of likely N-dealkylation sites (tertiary alicyclic amines) is 1. The van der Waals surface area contributed by atoms with Crippen molar-refractivity contribution in [2.24, 2.45) is 0 Å². The molecule has 0 spiro atoms. The third kappa shape index (κ3) is 5.54. The van der Waals surface area contributed by atoms with Crippen LogP contribution in [0.3, 0.4) is 0 Å². The molecule has 1 aromatic carbocycles. The number of rotatable bonds is 6. The summed E-state index contributed by atoms with van der Waals surface area (Å²) in [7, 11) is -4.04. The van der Waals surface area contributed by atoms with Crippen molar-refractivity contribution in [2.75, 3.05) is 19.6 Å². The zero-order valence-electron chi connectivity index (χ0n) is 16.1. The molecule has 11 heteroatoms. The summed E-state index contributed by atoms with van der Waals surface area (Å²) in [5, 5.41) is -0.0452. The highest BCUT2D eigenvalue weighted by molar-refractivity contribution is 7.89. The molecule has 2 heterocycles. The van der Waals surface area contributed by atoms with E-state index in [1.54, 1.807) is 17.9 Å². The van der Waals surface area contributed by atoms with Gasteiger partial charge in [-0.2, -0.15) is 0 Å². The summed E-state index contributed by atoms with van der Waals surface area (Å²) in [5.74, 6) is 0.519. The van der Waals surface area contributed by atoms with Crippen molar-refractivity contribution in [1.82, 2.24) is 9.62 Å². The van der Waals surface area contributed by atoms with Crippen LogP contribution in [0.2, 0.25) is 10.0 Å². The predicted molar refractivity (Wildman–Crippen MR) is 112 cm³/mol. The molecular formula is C19H20Cl2N2O6S. The number of aryl methyl sites for hydroxylation is 1. The Morgan fingerprint density at radius 1 is 1.23 bits per heavy atom. The number of nitrogens with zero attached hydrogens (tertiary/aromatic N) is 1. The molecule has 1 fully saturated rings. The van der Waals surface area contributed by atoms with E-state index >= 15 is 0 Å². The number of piperidine rings is 1. The Kier molecular flexibility index (Phi) is 7.07. The highest BCUT2D eigenvalue weighted by atomic mass is 35.5. The summed E-state index contributed by atoms with van der Waals surface area (Å²) >= 11 is 11.9. The second-order valence-corrected chi connectivity index (χ2v) is 9.31. The standard InChI is InChI=1S/C19H20Cl2N2O6S/c1-12-9-14(10-18(25)28-12)29-13-5-7-23(8-6-13)17(24)11-22-30(26,27)19-15(20)3-2-4-16(19)21/h2-4,9-10,13,22H,5-8,11H2,1H3. The molecule has 1 amide bonds. The van der Waals surface area contributed by atoms with Gasteiger partial charge < -0.3 is 14.1 Å². The van der Waals surface area contributed by atoms with Gasteiger partial charge in [-0.1, -0.05) is 29.3 Å². The van der Waals surface area contributed by atoms with Gasteiger partial charge in [-0.3, -0.25) is 4.79 Å². The average molecular weight is 475 g/mol. The van der Waals surface area contributed by atoms with E-state index in [1.807, 2.05) is 0 Å². The Hall–Kier alpha value is -2.07. The van der Waals surface area contributed by atoms with Crippen LogP contribution in [-0.2, 0) is 14.8 Å². The number of hydrogen-bond acceptors (Lipinski definition) is 6. The highest BCUT2D eigenvalue weighted by Gasteiger charge is 2.27. The minimum absolute atomic E-state index is 0.0226. The van der Waals surface area contributed by atoms with Gasteiger partial charge in [0.2, 0.25) is 15.9 Å². The first-order valence-electron chi connectivity index (χ1n) is 9.15. The molecule has 1 N–H and O–H groups in total. The molecule has 0 saturated carbocycles. The molecule has 0 aliphatic carbocycles. The van der Waals surface area contributed by atoms with E-state index in [4.69, 9.17) is 32.4 Å². The molecule has 8 nitrogen and oxygen atoms in total. The van der Waals surface area contributed by atoms with Gasteiger partial charge in [0.1, 0.15) is 22.5 Å². The summed E-state index contributed by atoms with van der Waals surface area (Å²) < 4.78 is 37.9. The van der Waals surface area contributed by atoms with Crippen molar-refractivity contribution in [1.29, 1.82) is 0 Å². The maximum Gasteiger partial charge on any atom is 0.339 e. The lowest BCUT2D eigenvalue weighted by Gasteiger charge is -2.32. The number of ether oxygens (including phenoxy) is 1. The quantitative estimate of drug-likeness (QED) is 0.689. The molecule has 3 rings (SSSR count). The van der Waals surface area contributed by atoms with Crippen LogP contribution >= 0.6 is 23.2 Å². The Labute approximate surface area is 183 Å². The van der Waals surface area contributed by atoms with E-state index in [1.165, 1.54) is 24.3 Å². The predicted octanol–water partition coefficient (Wildman–Crippen LogP) is 2.60. The maximum atomic E-state index is 12.5. The maximum absolute atomic E-state index is 12.5. The first-order valence-corrected chi connectivity index (χ1v) is 11.4. The number of hydrogen-bond donors (Lipinski definition) is 1. The van der Waals surface area contributed by atoms with Crippen LogP contribution in [0.5, 0.6) is 5.75 Å². The monoisotopic (exact) mass is 474 g/mol. The molecule has 1 aliphatic heterocycles. The largest absolute Gasteiger partial charge is 0.490 e. The fourth-order valence-electron chi connectivity index (χ4n) is 3.14. The molecule has 0 atom stereocenters. The van der Waals surface area contributed by atoms with Crippen LogP contribution < -0.4 is 15.1 Å². The lowest BCUT2D eigenvalue weighted by molar-refractivity contribution is -0.131. The Balaban J connectivity index is 1.53. The van der Waals surface area contributed by atoms with Crippen LogP contribution in [0.4, 0.5) is 0 Å². The first-order chi connectivity index (χ1) is 14.2. The molecule has 1 saturated heterocycles. The van der Waals surface area contributed by atoms with Crippen LogP contribution in [-0.4, -0.2) is 45.0 Å². The number of benzene rings is 1. The van der Waals surface area contributed by atoms with Crippen molar-refractivity contribution in [3.8, 4) is 5.75 Å². The number of carbonyl (C=O) groups is 1. The lowest BCUT2D eigenvalue weighted by atomic mass is 10.1. The number of nitrogens with one attached hydrogen (secondary N) is 1. The summed E-state index contributed by atoms with van der Waals surface area (Å²) in [6.07, 6.45) is 0.941. The molecule has 30 heavy (non-hydrogen) atoms. The SMILES string of the molecule is Cc1cc(OC2CCN(C(=O)CNS(=O)(=O)c3c(Cl)cccc3Cl)CC2)cc(=O)o1. The lowest BCUT2D eigenvalue weighted by Crippen LogP contribution is -2.46. The second kappa shape index (κ2) is 9.38. The van der Waals surface area contributed by atoms with Gasteiger partial charge in [-0.15, -0.1) is 0 Å². The molecule has 0 radical (unpaired) electrons. The number of sulfonamides is 1. The zero-order valence-corrected chi connectivity index (χ0v) is 18.4. The topological polar surface area (TPSA) is 106 Å². The van der Waals surface area contributed by atoms with Crippen LogP contribution in [0.1, 0.15) is 18.6 Å². The molecule has 0 bridgehead atoms. The van der Waals surface area contributed by atoms with Crippen molar-refractivity contribution >= 4 is 39.1 Å². The van der Waals surface area contributed by atoms with Crippen molar-refractivity contribution in [3.63, 3.8) is 0 Å². The number of halogens is 2. The van der Waals surface area contributed by atoms with Crippen LogP contribution in [0, 0.1) is 6.92 Å². The fraction of sp³-hybridized carbons (Fsp3) is 0.368. The van der Waals surface area contributed by atoms with E-state index in [2.05, 4.69) is 4.72 Å². The van der Waals surface area contributed by atoms with Gasteiger partial charge >= 0.3 is 5.63 Å². The van der Waals surface area contributed by atoms with Crippen molar-refractivity contribution in [2.45, 2.75) is 30.8 Å². The van der Waals surface area contributed by atoms with E-state index in [-0.39, 0.29) is 27.0 Å². The fourth-order valence-corrected chi connectivity index (χ4v) is 5.25. The molecule has 1 aliphatic rings. The third-order valence-corrected chi connectivity index (χ3v) is 6.92. The molecule has 0 unspecified atom stereocenters. The van der Waals surface area contributed by atoms with Crippen LogP contribution in [0.25, 0.3) is 0 Å². The second-order valence-electron chi connectivity index (χ2n) is 6.80. The number of amides is 1. The molecule has 162 valence electrons. The average Bonchev–Trinajstić information content (AvgIpc) is 2.65. The molecule has 2 aromatic rings. The van der Waals surface area contributed by atoms with Gasteiger partial charge in [0, 0.05) is 32.0 Å². The van der Waals surface area contributed by atoms with E-state index < -0.39 is 22.2 Å². The summed E-state index contributed by atoms with van der Waals surface area (Å²) in [5.41, 5.74) is -0.483. The third-order valence-electron chi connectivity index (χ3n) is 4.57. The van der Waals surface area contributed by atoms with E-state index in [9.17, 15) is 18.0 Å². The van der Waals surface area contributed by atoms with E-state index in [0.29, 0.717) is 37.4 Å². The normalized spacial score (nSPS) is 15.2. The smallest absolute Gasteiger partial charge is 0.339 e. The zero-order chi connectivity index (χ0) is 21.9. The Morgan fingerprint density at radius 2 is 1.87 bits per heavy atom. The first kappa shape index (κ1) is 22.6. The Morgan fingerprint density at radius 3 is 2.47 bits per heavy atom. The minimum atomic E-state index is -4.04. The van der Waals surface area contributed by atoms with Crippen molar-refractivity contribution < 1.29 is 22.4 Å². The minimum Gasteiger partial charge on any atom is -0.490 e. The van der Waals surface area contributed by atoms with Gasteiger partial charge in [0.05, 0.1) is 22.7 Å². The summed E-state index contributed by atoms with van der Waals surface area (Å²) in [6.45, 7) is 2.05. The summed E-state index contributed by atoms with van der Waals surface area (Å²) in [4.78, 5) is 25.2. The van der Waals surface area contributed by atoms with Gasteiger partial charge in [0.15, 0.2) is 0 Å². The van der Waals surface area contributed by atoms with Crippen molar-refractivity contribution in [3.05, 3.63) is 56.6 Å². The van der Waals surface area contributed by atoms with E-state index in [0.717, 1.165) is 0 Å².